The van der Waals surface area contributed by atoms with Crippen LogP contribution < -0.4 is 0 Å². The molecule has 0 N–H and O–H groups in total. The van der Waals surface area contributed by atoms with Gasteiger partial charge in [-0.2, -0.15) is 0 Å². The van der Waals surface area contributed by atoms with E-state index in [0.29, 0.717) is 6.61 Å². The highest BCUT2D eigenvalue weighted by Crippen LogP contribution is 1.87. The highest BCUT2D eigenvalue weighted by Gasteiger charge is 1.84. The van der Waals surface area contributed by atoms with Crippen LogP contribution in [0.3, 0.4) is 0 Å². The Bertz CT molecular complexity index is 81.8. The maximum Gasteiger partial charge on any atom is 0.188 e. The molecule has 0 spiro atoms. The first kappa shape index (κ1) is 2.64. The Hall–Kier alpha value is -0.500. The molecule has 6 heavy (non-hydrogen) atoms. The minimum absolute atomic E-state index is 0.494. The largest absolute Gasteiger partial charge is 0.475 e. The van der Waals surface area contributed by atoms with Crippen LogP contribution in [0.1, 0.15) is 1.37 Å². The number of hydrogen-bond donors (Lipinski definition) is 0. The van der Waals surface area contributed by atoms with E-state index in [1.54, 1.807) is 6.08 Å². The first-order valence-corrected chi connectivity index (χ1v) is 1.74. The van der Waals surface area contributed by atoms with Gasteiger partial charge in [0.15, 0.2) is 6.77 Å². The lowest BCUT2D eigenvalue weighted by molar-refractivity contribution is -0.0147. The quantitative estimate of drug-likeness (QED) is 0.428. The van der Waals surface area contributed by atoms with Crippen molar-refractivity contribution >= 4 is 0 Å². The van der Waals surface area contributed by atoms with Crippen LogP contribution in [0.15, 0.2) is 12.3 Å². The van der Waals surface area contributed by atoms with Crippen LogP contribution in [0.4, 0.5) is 0 Å². The average Bonchev–Trinajstić information content (AvgIpc) is 1.69. The van der Waals surface area contributed by atoms with E-state index in [0.717, 1.165) is 0 Å². The average molecular weight is 87.1 g/mol. The molecule has 1 heterocycles. The molecule has 0 aromatic carbocycles. The summed E-state index contributed by atoms with van der Waals surface area (Å²) >= 11 is 0. The smallest absolute Gasteiger partial charge is 0.188 e. The van der Waals surface area contributed by atoms with Crippen LogP contribution in [0, 0.1) is 0 Å². The summed E-state index contributed by atoms with van der Waals surface area (Å²) in [6.07, 6.45) is 3.19. The molecule has 34 valence electrons. The van der Waals surface area contributed by atoms with Crippen molar-refractivity contribution in [3.63, 3.8) is 0 Å². The third-order valence-corrected chi connectivity index (χ3v) is 0.491. The normalized spacial score (nSPS) is 34.7. The predicted octanol–water partition coefficient (Wildman–Crippen LogP) is 0.504. The molecule has 1 unspecified atom stereocenters. The Balaban J connectivity index is 2.32. The van der Waals surface area contributed by atoms with Crippen molar-refractivity contribution in [3.05, 3.63) is 12.3 Å². The molecule has 0 aliphatic carbocycles. The molecule has 0 bridgehead atoms. The van der Waals surface area contributed by atoms with Crippen LogP contribution in [-0.4, -0.2) is 13.4 Å². The van der Waals surface area contributed by atoms with Gasteiger partial charge in [0.1, 0.15) is 1.37 Å². The van der Waals surface area contributed by atoms with E-state index in [1.807, 2.05) is 0 Å². The summed E-state index contributed by atoms with van der Waals surface area (Å²) in [5.41, 5.74) is 0. The van der Waals surface area contributed by atoms with Crippen molar-refractivity contribution in [3.8, 4) is 0 Å². The fraction of sp³-hybridized carbons (Fsp3) is 0.500. The van der Waals surface area contributed by atoms with Gasteiger partial charge in [-0.05, 0) is 6.08 Å². The zero-order valence-electron chi connectivity index (χ0n) is 4.26. The van der Waals surface area contributed by atoms with E-state index in [4.69, 9.17) is 1.37 Å². The Labute approximate surface area is 37.8 Å². The highest BCUT2D eigenvalue weighted by atomic mass is 16.7. The minimum Gasteiger partial charge on any atom is -0.475 e. The molecule has 0 saturated heterocycles. The third kappa shape index (κ3) is 0.723. The molecule has 0 aromatic rings. The lowest BCUT2D eigenvalue weighted by Crippen LogP contribution is -1.99. The number of ether oxygens (including phenoxy) is 2. The molecular formula is C4H6O2. The van der Waals surface area contributed by atoms with Crippen LogP contribution in [0.25, 0.3) is 0 Å². The first-order chi connectivity index (χ1) is 3.39. The first-order valence-electron chi connectivity index (χ1n) is 2.31. The fourth-order valence-electron chi connectivity index (χ4n) is 0.261. The number of hydrogen-bond acceptors (Lipinski definition) is 2. The third-order valence-electron chi connectivity index (χ3n) is 0.491. The predicted molar refractivity (Wildman–Crippen MR) is 21.0 cm³/mol. The molecular weight excluding hydrogens is 80.0 g/mol. The van der Waals surface area contributed by atoms with Gasteiger partial charge >= 0.3 is 0 Å². The summed E-state index contributed by atoms with van der Waals surface area (Å²) in [6.45, 7) is -0.307. The topological polar surface area (TPSA) is 18.5 Å². The molecule has 1 aliphatic rings. The molecule has 2 nitrogen and oxygen atoms in total. The summed E-state index contributed by atoms with van der Waals surface area (Å²) < 4.78 is 16.0. The van der Waals surface area contributed by atoms with Gasteiger partial charge in [-0.3, -0.25) is 0 Å². The Morgan fingerprint density at radius 3 is 3.17 bits per heavy atom. The van der Waals surface area contributed by atoms with Gasteiger partial charge in [-0.25, -0.2) is 0 Å². The van der Waals surface area contributed by atoms with E-state index in [9.17, 15) is 0 Å². The maximum absolute atomic E-state index is 6.78. The molecule has 1 aliphatic heterocycles. The summed E-state index contributed by atoms with van der Waals surface area (Å²) in [4.78, 5) is 0. The Morgan fingerprint density at radius 2 is 2.83 bits per heavy atom. The molecule has 0 radical (unpaired) electrons. The second-order valence-corrected chi connectivity index (χ2v) is 0.937. The van der Waals surface area contributed by atoms with Gasteiger partial charge in [-0.15, -0.1) is 0 Å². The van der Waals surface area contributed by atoms with Crippen LogP contribution >= 0.6 is 0 Å². The van der Waals surface area contributed by atoms with Crippen LogP contribution in [0.2, 0.25) is 0 Å². The van der Waals surface area contributed by atoms with Crippen molar-refractivity contribution in [2.45, 2.75) is 0 Å². The standard InChI is InChI=1S/C4H6O2/c1-2-5-4-6-3-1/h1-2H,3-4H2/i4D. The van der Waals surface area contributed by atoms with Crippen molar-refractivity contribution in [2.24, 2.45) is 0 Å². The zero-order valence-corrected chi connectivity index (χ0v) is 3.26. The molecule has 0 fully saturated rings. The maximum atomic E-state index is 6.78. The van der Waals surface area contributed by atoms with Crippen molar-refractivity contribution in [2.75, 3.05) is 13.4 Å². The summed E-state index contributed by atoms with van der Waals surface area (Å²) in [5, 5.41) is 0. The van der Waals surface area contributed by atoms with E-state index < -0.39 is 6.77 Å². The van der Waals surface area contributed by atoms with E-state index in [2.05, 4.69) is 9.47 Å². The SMILES string of the molecule is [2H]C1OC=CCO1. The summed E-state index contributed by atoms with van der Waals surface area (Å²) in [7, 11) is 0. The highest BCUT2D eigenvalue weighted by molar-refractivity contribution is 4.73. The molecule has 1 rings (SSSR count). The van der Waals surface area contributed by atoms with E-state index in [1.165, 1.54) is 6.26 Å². The van der Waals surface area contributed by atoms with E-state index in [-0.39, 0.29) is 0 Å². The summed E-state index contributed by atoms with van der Waals surface area (Å²) in [6, 6.07) is 0. The van der Waals surface area contributed by atoms with Crippen molar-refractivity contribution in [1.82, 2.24) is 0 Å². The van der Waals surface area contributed by atoms with Gasteiger partial charge in [-0.1, -0.05) is 0 Å². The van der Waals surface area contributed by atoms with Gasteiger partial charge in [0.25, 0.3) is 0 Å². The van der Waals surface area contributed by atoms with Crippen molar-refractivity contribution in [1.29, 1.82) is 0 Å². The lowest BCUT2D eigenvalue weighted by Gasteiger charge is -2.03. The second-order valence-electron chi connectivity index (χ2n) is 0.937. The fourth-order valence-corrected chi connectivity index (χ4v) is 0.261. The monoisotopic (exact) mass is 87.0 g/mol. The summed E-state index contributed by atoms with van der Waals surface area (Å²) in [5.74, 6) is 0. The number of rotatable bonds is 0. The van der Waals surface area contributed by atoms with Gasteiger partial charge in [0.05, 0.1) is 12.9 Å². The minimum atomic E-state index is -0.801. The van der Waals surface area contributed by atoms with Gasteiger partial charge in [0, 0.05) is 0 Å². The zero-order chi connectivity index (χ0) is 5.11. The van der Waals surface area contributed by atoms with Crippen molar-refractivity contribution < 1.29 is 10.8 Å². The second kappa shape index (κ2) is 1.82. The Kier molecular flexibility index (Phi) is 0.801. The van der Waals surface area contributed by atoms with Gasteiger partial charge in [0.2, 0.25) is 0 Å². The molecule has 1 atom stereocenters. The molecule has 0 amide bonds. The molecule has 0 aromatic heterocycles. The Morgan fingerprint density at radius 1 is 1.83 bits per heavy atom. The lowest BCUT2D eigenvalue weighted by atomic mass is 10.7. The van der Waals surface area contributed by atoms with Crippen LogP contribution in [-0.2, 0) is 9.47 Å². The molecule has 0 saturated carbocycles. The van der Waals surface area contributed by atoms with E-state index >= 15 is 0 Å². The van der Waals surface area contributed by atoms with Gasteiger partial charge < -0.3 is 9.47 Å². The van der Waals surface area contributed by atoms with Crippen LogP contribution in [0.5, 0.6) is 0 Å². The molecule has 2 heteroatoms.